The van der Waals surface area contributed by atoms with Crippen molar-refractivity contribution in [3.63, 3.8) is 0 Å². The van der Waals surface area contributed by atoms with Crippen LogP contribution in [0.5, 0.6) is 0 Å². The summed E-state index contributed by atoms with van der Waals surface area (Å²) in [5.41, 5.74) is 2.05. The van der Waals surface area contributed by atoms with Gasteiger partial charge in [0, 0.05) is 26.1 Å². The van der Waals surface area contributed by atoms with Crippen LogP contribution in [0.2, 0.25) is 5.02 Å². The molecule has 0 saturated carbocycles. The van der Waals surface area contributed by atoms with Crippen molar-refractivity contribution in [2.75, 3.05) is 6.54 Å². The summed E-state index contributed by atoms with van der Waals surface area (Å²) >= 11 is 6.35. The summed E-state index contributed by atoms with van der Waals surface area (Å²) in [7, 11) is 0. The average molecular weight is 282 g/mol. The van der Waals surface area contributed by atoms with Crippen molar-refractivity contribution >= 4 is 11.6 Å². The maximum atomic E-state index is 6.35. The Balaban J connectivity index is 1.90. The Morgan fingerprint density at radius 3 is 2.89 bits per heavy atom. The van der Waals surface area contributed by atoms with E-state index in [2.05, 4.69) is 24.3 Å². The maximum absolute atomic E-state index is 6.35. The first-order valence-electron chi connectivity index (χ1n) is 6.73. The van der Waals surface area contributed by atoms with E-state index < -0.39 is 0 Å². The number of hydrogen-bond donors (Lipinski definition) is 1. The fourth-order valence-corrected chi connectivity index (χ4v) is 2.40. The van der Waals surface area contributed by atoms with Gasteiger partial charge in [0.2, 0.25) is 0 Å². The van der Waals surface area contributed by atoms with Crippen LogP contribution >= 0.6 is 11.6 Å². The number of furan rings is 1. The lowest BCUT2D eigenvalue weighted by Crippen LogP contribution is -2.19. The van der Waals surface area contributed by atoms with E-state index in [1.807, 2.05) is 16.8 Å². The zero-order valence-corrected chi connectivity index (χ0v) is 12.2. The Bertz CT molecular complexity index is 505. The molecule has 4 nitrogen and oxygen atoms in total. The number of aromatic nitrogens is 2. The highest BCUT2D eigenvalue weighted by atomic mass is 35.5. The first-order chi connectivity index (χ1) is 9.26. The van der Waals surface area contributed by atoms with E-state index in [0.717, 1.165) is 54.6 Å². The predicted molar refractivity (Wildman–Crippen MR) is 76.4 cm³/mol. The monoisotopic (exact) mass is 281 g/mol. The number of hydrogen-bond acceptors (Lipinski definition) is 3. The highest BCUT2D eigenvalue weighted by molar-refractivity contribution is 6.31. The van der Waals surface area contributed by atoms with Crippen LogP contribution in [-0.4, -0.2) is 16.3 Å². The molecule has 104 valence electrons. The van der Waals surface area contributed by atoms with E-state index >= 15 is 0 Å². The minimum Gasteiger partial charge on any atom is -0.469 e. The Morgan fingerprint density at radius 1 is 1.42 bits per heavy atom. The van der Waals surface area contributed by atoms with E-state index in [1.54, 1.807) is 6.26 Å². The van der Waals surface area contributed by atoms with Gasteiger partial charge in [-0.05, 0) is 25.5 Å². The van der Waals surface area contributed by atoms with Gasteiger partial charge in [-0.1, -0.05) is 18.5 Å². The molecule has 0 atom stereocenters. The van der Waals surface area contributed by atoms with Crippen LogP contribution in [0.15, 0.2) is 22.8 Å². The summed E-state index contributed by atoms with van der Waals surface area (Å²) in [6.07, 6.45) is 3.45. The molecule has 0 radical (unpaired) electrons. The van der Waals surface area contributed by atoms with Crippen LogP contribution < -0.4 is 5.32 Å². The minimum absolute atomic E-state index is 0.736. The SMILES string of the molecule is CCc1nn(CC)c(CNCCc2ccco2)c1Cl. The smallest absolute Gasteiger partial charge is 0.105 e. The van der Waals surface area contributed by atoms with Crippen molar-refractivity contribution in [1.82, 2.24) is 15.1 Å². The third-order valence-corrected chi connectivity index (χ3v) is 3.55. The zero-order chi connectivity index (χ0) is 13.7. The molecule has 19 heavy (non-hydrogen) atoms. The lowest BCUT2D eigenvalue weighted by molar-refractivity contribution is 0.495. The molecule has 0 bridgehead atoms. The molecule has 0 spiro atoms. The van der Waals surface area contributed by atoms with Crippen molar-refractivity contribution in [3.8, 4) is 0 Å². The van der Waals surface area contributed by atoms with Crippen molar-refractivity contribution in [1.29, 1.82) is 0 Å². The molecule has 2 aromatic rings. The van der Waals surface area contributed by atoms with Crippen molar-refractivity contribution in [3.05, 3.63) is 40.6 Å². The summed E-state index contributed by atoms with van der Waals surface area (Å²) < 4.78 is 7.27. The van der Waals surface area contributed by atoms with E-state index in [0.29, 0.717) is 0 Å². The number of aryl methyl sites for hydroxylation is 2. The second kappa shape index (κ2) is 6.78. The molecule has 0 fully saturated rings. The molecule has 2 rings (SSSR count). The summed E-state index contributed by atoms with van der Waals surface area (Å²) in [5.74, 6) is 0.997. The third-order valence-electron chi connectivity index (χ3n) is 3.11. The summed E-state index contributed by atoms with van der Waals surface area (Å²) in [6.45, 7) is 6.59. The van der Waals surface area contributed by atoms with E-state index in [-0.39, 0.29) is 0 Å². The molecule has 0 aliphatic heterocycles. The number of halogens is 1. The van der Waals surface area contributed by atoms with Gasteiger partial charge in [0.25, 0.3) is 0 Å². The Morgan fingerprint density at radius 2 is 2.26 bits per heavy atom. The molecule has 0 aliphatic carbocycles. The lowest BCUT2D eigenvalue weighted by atomic mass is 10.3. The maximum Gasteiger partial charge on any atom is 0.105 e. The Hall–Kier alpha value is -1.26. The van der Waals surface area contributed by atoms with Gasteiger partial charge in [-0.3, -0.25) is 4.68 Å². The van der Waals surface area contributed by atoms with Crippen molar-refractivity contribution in [2.45, 2.75) is 39.8 Å². The first-order valence-corrected chi connectivity index (χ1v) is 7.11. The van der Waals surface area contributed by atoms with Gasteiger partial charge < -0.3 is 9.73 Å². The van der Waals surface area contributed by atoms with Crippen LogP contribution in [-0.2, 0) is 25.9 Å². The normalized spacial score (nSPS) is 11.1. The van der Waals surface area contributed by atoms with Gasteiger partial charge in [-0.25, -0.2) is 0 Å². The van der Waals surface area contributed by atoms with E-state index in [9.17, 15) is 0 Å². The Labute approximate surface area is 118 Å². The quantitative estimate of drug-likeness (QED) is 0.793. The lowest BCUT2D eigenvalue weighted by Gasteiger charge is -2.06. The number of rotatable bonds is 7. The predicted octanol–water partition coefficient (Wildman–Crippen LogP) is 3.04. The van der Waals surface area contributed by atoms with Gasteiger partial charge in [0.05, 0.1) is 22.7 Å². The molecule has 1 N–H and O–H groups in total. The topological polar surface area (TPSA) is 43.0 Å². The van der Waals surface area contributed by atoms with Gasteiger partial charge in [0.1, 0.15) is 5.76 Å². The first kappa shape index (κ1) is 14.2. The standard InChI is InChI=1S/C14H20ClN3O/c1-3-12-14(15)13(18(4-2)17-12)10-16-8-7-11-6-5-9-19-11/h5-6,9,16H,3-4,7-8,10H2,1-2H3. The van der Waals surface area contributed by atoms with Crippen LogP contribution in [0.4, 0.5) is 0 Å². The highest BCUT2D eigenvalue weighted by Crippen LogP contribution is 2.21. The van der Waals surface area contributed by atoms with Crippen LogP contribution in [0.3, 0.4) is 0 Å². The fourth-order valence-electron chi connectivity index (χ4n) is 2.06. The summed E-state index contributed by atoms with van der Waals surface area (Å²) in [4.78, 5) is 0. The Kier molecular flexibility index (Phi) is 5.05. The molecule has 5 heteroatoms. The van der Waals surface area contributed by atoms with Gasteiger partial charge in [0.15, 0.2) is 0 Å². The molecular formula is C14H20ClN3O. The molecular weight excluding hydrogens is 262 g/mol. The van der Waals surface area contributed by atoms with Crippen LogP contribution in [0.25, 0.3) is 0 Å². The average Bonchev–Trinajstić information content (AvgIpc) is 3.03. The number of nitrogens with one attached hydrogen (secondary N) is 1. The second-order valence-electron chi connectivity index (χ2n) is 4.38. The second-order valence-corrected chi connectivity index (χ2v) is 4.76. The minimum atomic E-state index is 0.736. The molecule has 2 heterocycles. The fraction of sp³-hybridized carbons (Fsp3) is 0.500. The van der Waals surface area contributed by atoms with E-state index in [4.69, 9.17) is 16.0 Å². The van der Waals surface area contributed by atoms with Gasteiger partial charge >= 0.3 is 0 Å². The van der Waals surface area contributed by atoms with E-state index in [1.165, 1.54) is 0 Å². The largest absolute Gasteiger partial charge is 0.469 e. The molecule has 0 aliphatic rings. The highest BCUT2D eigenvalue weighted by Gasteiger charge is 2.13. The van der Waals surface area contributed by atoms with Crippen LogP contribution in [0, 0.1) is 0 Å². The molecule has 0 unspecified atom stereocenters. The van der Waals surface area contributed by atoms with Crippen molar-refractivity contribution < 1.29 is 4.42 Å². The third kappa shape index (κ3) is 3.39. The van der Waals surface area contributed by atoms with Gasteiger partial charge in [-0.15, -0.1) is 0 Å². The molecule has 2 aromatic heterocycles. The zero-order valence-electron chi connectivity index (χ0n) is 11.4. The summed E-state index contributed by atoms with van der Waals surface area (Å²) in [5, 5.41) is 8.69. The molecule has 0 saturated heterocycles. The summed E-state index contributed by atoms with van der Waals surface area (Å²) in [6, 6.07) is 3.89. The molecule has 0 amide bonds. The van der Waals surface area contributed by atoms with Gasteiger partial charge in [-0.2, -0.15) is 5.10 Å². The number of nitrogens with zero attached hydrogens (tertiary/aromatic N) is 2. The molecule has 0 aromatic carbocycles. The van der Waals surface area contributed by atoms with Crippen molar-refractivity contribution in [2.24, 2.45) is 0 Å². The van der Waals surface area contributed by atoms with Crippen LogP contribution in [0.1, 0.15) is 31.0 Å².